The van der Waals surface area contributed by atoms with E-state index in [0.29, 0.717) is 11.6 Å². The summed E-state index contributed by atoms with van der Waals surface area (Å²) in [5, 5.41) is 0. The molecular weight excluding hydrogens is 414 g/mol. The Labute approximate surface area is 173 Å². The van der Waals surface area contributed by atoms with E-state index in [0.717, 1.165) is 27.0 Å². The second-order valence-electron chi connectivity index (χ2n) is 6.91. The van der Waals surface area contributed by atoms with Crippen LogP contribution in [0.1, 0.15) is 30.8 Å². The molecule has 0 fully saturated rings. The Morgan fingerprint density at radius 3 is 2.54 bits per heavy atom. The molecule has 28 heavy (non-hydrogen) atoms. The molecule has 0 aromatic heterocycles. The van der Waals surface area contributed by atoms with Gasteiger partial charge in [0.1, 0.15) is 5.69 Å². The molecule has 0 spiro atoms. The van der Waals surface area contributed by atoms with Crippen molar-refractivity contribution in [3.63, 3.8) is 0 Å². The minimum atomic E-state index is -3.83. The molecule has 6 nitrogen and oxygen atoms in total. The zero-order valence-electron chi connectivity index (χ0n) is 16.2. The fourth-order valence-electron chi connectivity index (χ4n) is 2.66. The molecule has 150 valence electrons. The fraction of sp³-hybridized carbons (Fsp3) is 0.368. The van der Waals surface area contributed by atoms with Gasteiger partial charge in [-0.15, -0.1) is 23.1 Å². The quantitative estimate of drug-likeness (QED) is 0.558. The van der Waals surface area contributed by atoms with E-state index in [9.17, 15) is 13.2 Å². The first-order valence-electron chi connectivity index (χ1n) is 8.94. The lowest BCUT2D eigenvalue weighted by atomic mass is 10.2. The van der Waals surface area contributed by atoms with Gasteiger partial charge in [0, 0.05) is 10.6 Å². The smallest absolute Gasteiger partial charge is 0.261 e. The second-order valence-corrected chi connectivity index (χ2v) is 11.2. The number of rotatable bonds is 7. The average Bonchev–Trinajstić information content (AvgIpc) is 2.95. The van der Waals surface area contributed by atoms with Gasteiger partial charge in [-0.1, -0.05) is 32.0 Å². The van der Waals surface area contributed by atoms with Crippen molar-refractivity contribution in [2.24, 2.45) is 5.92 Å². The van der Waals surface area contributed by atoms with Gasteiger partial charge in [0.2, 0.25) is 0 Å². The summed E-state index contributed by atoms with van der Waals surface area (Å²) in [6.45, 7) is 8.13. The lowest BCUT2D eigenvalue weighted by Crippen LogP contribution is -2.17. The highest BCUT2D eigenvalue weighted by Gasteiger charge is 2.26. The molecule has 2 aliphatic heterocycles. The molecule has 1 aromatic rings. The number of hydrogen-bond donors (Lipinski definition) is 1. The normalized spacial score (nSPS) is 12.0. The van der Waals surface area contributed by atoms with E-state index in [1.165, 1.54) is 16.7 Å². The molecule has 0 atom stereocenters. The van der Waals surface area contributed by atoms with Gasteiger partial charge in [0.05, 0.1) is 9.10 Å². The number of nitrogens with zero attached hydrogens (tertiary/aromatic N) is 2. The third kappa shape index (κ3) is 4.26. The standard InChI is InChI=1S/C19H23N3O3S3/c1-12(2)10-11-26-18-16-17(20-19(23)22(16)13(3)14(4)27-18)21-28(24,25)15-8-6-5-7-9-15/h5-9,12H,10-11H2,1-4H3,(H,20,21,23). The summed E-state index contributed by atoms with van der Waals surface area (Å²) >= 11 is 3.20. The molecule has 0 aliphatic carbocycles. The van der Waals surface area contributed by atoms with Gasteiger partial charge in [-0.3, -0.25) is 9.29 Å². The molecule has 0 amide bonds. The Hall–Kier alpha value is -1.84. The van der Waals surface area contributed by atoms with E-state index in [1.54, 1.807) is 41.3 Å². The zero-order valence-corrected chi connectivity index (χ0v) is 18.7. The van der Waals surface area contributed by atoms with E-state index in [2.05, 4.69) is 23.6 Å². The highest BCUT2D eigenvalue weighted by molar-refractivity contribution is 8.01. The number of hydrogen-bond acceptors (Lipinski definition) is 6. The lowest BCUT2D eigenvalue weighted by molar-refractivity contribution is 0.601. The van der Waals surface area contributed by atoms with Crippen LogP contribution in [0, 0.1) is 19.8 Å². The number of anilines is 1. The zero-order chi connectivity index (χ0) is 20.5. The first-order valence-corrected chi connectivity index (χ1v) is 12.2. The summed E-state index contributed by atoms with van der Waals surface area (Å²) in [6, 6.07) is 8.07. The van der Waals surface area contributed by atoms with Crippen molar-refractivity contribution in [2.45, 2.75) is 43.2 Å². The van der Waals surface area contributed by atoms with Crippen LogP contribution in [0.15, 0.2) is 44.2 Å². The Morgan fingerprint density at radius 1 is 1.21 bits per heavy atom. The molecule has 9 heteroatoms. The van der Waals surface area contributed by atoms with Gasteiger partial charge in [0.25, 0.3) is 10.0 Å². The van der Waals surface area contributed by atoms with E-state index < -0.39 is 15.7 Å². The highest BCUT2D eigenvalue weighted by atomic mass is 32.2. The summed E-state index contributed by atoms with van der Waals surface area (Å²) in [5.74, 6) is 1.53. The molecule has 2 aliphatic rings. The molecule has 0 bridgehead atoms. The Morgan fingerprint density at radius 2 is 1.89 bits per heavy atom. The number of aromatic nitrogens is 2. The third-order valence-electron chi connectivity index (χ3n) is 4.34. The van der Waals surface area contributed by atoms with Crippen molar-refractivity contribution >= 4 is 38.9 Å². The van der Waals surface area contributed by atoms with Crippen LogP contribution in [0.25, 0.3) is 5.69 Å². The van der Waals surface area contributed by atoms with Crippen molar-refractivity contribution in [1.82, 2.24) is 9.55 Å². The highest BCUT2D eigenvalue weighted by Crippen LogP contribution is 2.38. The van der Waals surface area contributed by atoms with Gasteiger partial charge in [-0.05, 0) is 44.1 Å². The van der Waals surface area contributed by atoms with Crippen LogP contribution < -0.4 is 10.4 Å². The topological polar surface area (TPSA) is 81.1 Å². The second kappa shape index (κ2) is 8.26. The van der Waals surface area contributed by atoms with Gasteiger partial charge in [-0.2, -0.15) is 4.98 Å². The van der Waals surface area contributed by atoms with Crippen LogP contribution in [0.3, 0.4) is 0 Å². The summed E-state index contributed by atoms with van der Waals surface area (Å²) in [6.07, 6.45) is 1.03. The van der Waals surface area contributed by atoms with Crippen LogP contribution in [0.2, 0.25) is 0 Å². The number of thioether (sulfide) groups is 1. The number of aryl methyl sites for hydroxylation is 1. The average molecular weight is 438 g/mol. The third-order valence-corrected chi connectivity index (χ3v) is 8.18. The molecule has 0 unspecified atom stereocenters. The van der Waals surface area contributed by atoms with E-state index in [1.807, 2.05) is 13.8 Å². The van der Waals surface area contributed by atoms with Crippen molar-refractivity contribution in [1.29, 1.82) is 0 Å². The van der Waals surface area contributed by atoms with Gasteiger partial charge >= 0.3 is 5.69 Å². The maximum absolute atomic E-state index is 12.8. The summed E-state index contributed by atoms with van der Waals surface area (Å²) in [7, 11) is -3.83. The van der Waals surface area contributed by atoms with Crippen LogP contribution in [-0.4, -0.2) is 23.7 Å². The Balaban J connectivity index is 2.07. The number of imidazole rings is 1. The van der Waals surface area contributed by atoms with E-state index in [-0.39, 0.29) is 10.7 Å². The minimum Gasteiger partial charge on any atom is -0.261 e. The van der Waals surface area contributed by atoms with Crippen LogP contribution in [0.4, 0.5) is 5.82 Å². The number of fused-ring (bicyclic) bond motifs is 1. The summed E-state index contributed by atoms with van der Waals surface area (Å²) < 4.78 is 30.4. The molecule has 2 heterocycles. The molecule has 0 saturated heterocycles. The lowest BCUT2D eigenvalue weighted by Gasteiger charge is -2.16. The van der Waals surface area contributed by atoms with Crippen molar-refractivity contribution < 1.29 is 8.42 Å². The van der Waals surface area contributed by atoms with Crippen LogP contribution in [0.5, 0.6) is 0 Å². The molecule has 3 rings (SSSR count). The monoisotopic (exact) mass is 437 g/mol. The maximum atomic E-state index is 12.8. The van der Waals surface area contributed by atoms with E-state index >= 15 is 0 Å². The SMILES string of the molecule is Cc1sc(SCCC(C)C)c2c(NS(=O)(=O)c3ccccc3)nc(=O)n-2c1C. The predicted octanol–water partition coefficient (Wildman–Crippen LogP) is 4.29. The van der Waals surface area contributed by atoms with Crippen molar-refractivity contribution in [3.05, 3.63) is 51.4 Å². The first kappa shape index (κ1) is 20.9. The van der Waals surface area contributed by atoms with Gasteiger partial charge in [0.15, 0.2) is 5.82 Å². The van der Waals surface area contributed by atoms with E-state index in [4.69, 9.17) is 0 Å². The van der Waals surface area contributed by atoms with Crippen molar-refractivity contribution in [3.8, 4) is 5.69 Å². The largest absolute Gasteiger partial charge is 0.354 e. The molecule has 0 saturated carbocycles. The maximum Gasteiger partial charge on any atom is 0.354 e. The molecule has 0 radical (unpaired) electrons. The Kier molecular flexibility index (Phi) is 6.16. The summed E-state index contributed by atoms with van der Waals surface area (Å²) in [4.78, 5) is 17.7. The molecule has 1 aromatic carbocycles. The van der Waals surface area contributed by atoms with Gasteiger partial charge in [-0.25, -0.2) is 13.2 Å². The first-order chi connectivity index (χ1) is 13.2. The number of sulfonamides is 1. The van der Waals surface area contributed by atoms with Crippen molar-refractivity contribution in [2.75, 3.05) is 10.5 Å². The van der Waals surface area contributed by atoms with Gasteiger partial charge < -0.3 is 0 Å². The molecular formula is C19H23N3O3S3. The van der Waals surface area contributed by atoms with Crippen LogP contribution >= 0.6 is 23.1 Å². The molecule has 1 N–H and O–H groups in total. The minimum absolute atomic E-state index is 0.0836. The number of benzene rings is 1. The van der Waals surface area contributed by atoms with Crippen LogP contribution in [-0.2, 0) is 10.0 Å². The predicted molar refractivity (Wildman–Crippen MR) is 116 cm³/mol. The Bertz CT molecular complexity index is 1100. The fourth-order valence-corrected chi connectivity index (χ4v) is 6.45. The number of nitrogens with one attached hydrogen (secondary N) is 1. The summed E-state index contributed by atoms with van der Waals surface area (Å²) in [5.41, 5.74) is 0.835.